The zero-order valence-corrected chi connectivity index (χ0v) is 12.8. The van der Waals surface area contributed by atoms with Crippen LogP contribution in [0, 0.1) is 0 Å². The van der Waals surface area contributed by atoms with Crippen LogP contribution < -0.4 is 10.6 Å². The van der Waals surface area contributed by atoms with Crippen molar-refractivity contribution in [1.29, 1.82) is 0 Å². The Kier molecular flexibility index (Phi) is 4.43. The second-order valence-corrected chi connectivity index (χ2v) is 5.51. The van der Waals surface area contributed by atoms with E-state index in [1.807, 2.05) is 13.1 Å². The highest BCUT2D eigenvalue weighted by atomic mass is 79.9. The zero-order chi connectivity index (χ0) is 13.8. The molecule has 1 heterocycles. The van der Waals surface area contributed by atoms with Crippen molar-refractivity contribution in [2.45, 2.75) is 19.9 Å². The quantitative estimate of drug-likeness (QED) is 0.935. The minimum absolute atomic E-state index is 0.682. The van der Waals surface area contributed by atoms with E-state index in [0.717, 1.165) is 23.3 Å². The Morgan fingerprint density at radius 1 is 1.21 bits per heavy atom. The van der Waals surface area contributed by atoms with Crippen LogP contribution >= 0.6 is 15.9 Å². The van der Waals surface area contributed by atoms with Gasteiger partial charge in [-0.1, -0.05) is 31.2 Å². The molecule has 19 heavy (non-hydrogen) atoms. The molecular formula is C15H18BrN3. The third kappa shape index (κ3) is 3.47. The first-order valence-corrected chi connectivity index (χ1v) is 7.09. The first-order chi connectivity index (χ1) is 9.10. The van der Waals surface area contributed by atoms with Crippen LogP contribution in [0.3, 0.4) is 0 Å². The van der Waals surface area contributed by atoms with E-state index in [9.17, 15) is 0 Å². The fourth-order valence-electron chi connectivity index (χ4n) is 2.00. The summed E-state index contributed by atoms with van der Waals surface area (Å²) in [6, 6.07) is 10.5. The molecule has 4 heteroatoms. The number of benzene rings is 1. The Hall–Kier alpha value is -1.55. The molecule has 0 aliphatic heterocycles. The summed E-state index contributed by atoms with van der Waals surface area (Å²) in [4.78, 5) is 6.42. The number of aromatic nitrogens is 1. The maximum absolute atomic E-state index is 5.99. The molecule has 2 N–H and O–H groups in total. The number of pyridine rings is 1. The summed E-state index contributed by atoms with van der Waals surface area (Å²) in [5.41, 5.74) is 9.28. The molecule has 2 rings (SSSR count). The van der Waals surface area contributed by atoms with Gasteiger partial charge in [0.2, 0.25) is 0 Å². The van der Waals surface area contributed by atoms with Gasteiger partial charge in [0.05, 0.1) is 5.69 Å². The van der Waals surface area contributed by atoms with Crippen LogP contribution in [0.2, 0.25) is 0 Å². The number of nitrogens with zero attached hydrogens (tertiary/aromatic N) is 2. The molecule has 3 nitrogen and oxygen atoms in total. The number of aryl methyl sites for hydroxylation is 1. The van der Waals surface area contributed by atoms with Crippen molar-refractivity contribution in [2.24, 2.45) is 0 Å². The number of nitrogen functional groups attached to an aromatic ring is 1. The Bertz CT molecular complexity index is 552. The summed E-state index contributed by atoms with van der Waals surface area (Å²) < 4.78 is 0.898. The monoisotopic (exact) mass is 319 g/mol. The molecule has 0 radical (unpaired) electrons. The Labute approximate surface area is 122 Å². The van der Waals surface area contributed by atoms with Crippen molar-refractivity contribution in [1.82, 2.24) is 4.98 Å². The van der Waals surface area contributed by atoms with Crippen molar-refractivity contribution >= 4 is 27.4 Å². The summed E-state index contributed by atoms with van der Waals surface area (Å²) in [7, 11) is 2.00. The van der Waals surface area contributed by atoms with Crippen molar-refractivity contribution in [3.63, 3.8) is 0 Å². The fraction of sp³-hybridized carbons (Fsp3) is 0.267. The average Bonchev–Trinajstić information content (AvgIpc) is 2.39. The molecule has 0 bridgehead atoms. The maximum Gasteiger partial charge on any atom is 0.151 e. The number of hydrogen-bond acceptors (Lipinski definition) is 3. The van der Waals surface area contributed by atoms with Gasteiger partial charge >= 0.3 is 0 Å². The predicted octanol–water partition coefficient (Wildman–Crippen LogP) is 3.63. The minimum atomic E-state index is 0.682. The standard InChI is InChI=1S/C15H18BrN3/c1-3-11-4-6-12(7-5-11)10-19(2)15-14(17)8-13(16)9-18-15/h4-9H,3,10,17H2,1-2H3. The molecule has 0 aliphatic carbocycles. The van der Waals surface area contributed by atoms with Gasteiger partial charge in [0.1, 0.15) is 0 Å². The first-order valence-electron chi connectivity index (χ1n) is 6.30. The lowest BCUT2D eigenvalue weighted by Gasteiger charge is -2.20. The molecular weight excluding hydrogens is 302 g/mol. The minimum Gasteiger partial charge on any atom is -0.396 e. The molecule has 0 aliphatic rings. The third-order valence-corrected chi connectivity index (χ3v) is 3.51. The molecule has 0 amide bonds. The van der Waals surface area contributed by atoms with Gasteiger partial charge in [-0.3, -0.25) is 0 Å². The van der Waals surface area contributed by atoms with Crippen LogP contribution in [-0.4, -0.2) is 12.0 Å². The molecule has 0 atom stereocenters. The molecule has 0 unspecified atom stereocenters. The largest absolute Gasteiger partial charge is 0.396 e. The number of rotatable bonds is 4. The van der Waals surface area contributed by atoms with Crippen LogP contribution in [0.25, 0.3) is 0 Å². The number of nitrogens with two attached hydrogens (primary N) is 1. The van der Waals surface area contributed by atoms with E-state index in [4.69, 9.17) is 5.73 Å². The van der Waals surface area contributed by atoms with Crippen molar-refractivity contribution in [2.75, 3.05) is 17.7 Å². The number of hydrogen-bond donors (Lipinski definition) is 1. The van der Waals surface area contributed by atoms with E-state index in [0.29, 0.717) is 5.69 Å². The summed E-state index contributed by atoms with van der Waals surface area (Å²) in [5, 5.41) is 0. The number of halogens is 1. The first kappa shape index (κ1) is 13.9. The van der Waals surface area contributed by atoms with Gasteiger partial charge in [-0.25, -0.2) is 4.98 Å². The summed E-state index contributed by atoms with van der Waals surface area (Å²) >= 11 is 3.37. The van der Waals surface area contributed by atoms with Gasteiger partial charge in [0.25, 0.3) is 0 Å². The molecule has 100 valence electrons. The SMILES string of the molecule is CCc1ccc(CN(C)c2ncc(Br)cc2N)cc1. The van der Waals surface area contributed by atoms with E-state index in [1.54, 1.807) is 6.20 Å². The maximum atomic E-state index is 5.99. The zero-order valence-electron chi connectivity index (χ0n) is 11.2. The van der Waals surface area contributed by atoms with Gasteiger partial charge in [0.15, 0.2) is 5.82 Å². The molecule has 0 fully saturated rings. The van der Waals surface area contributed by atoms with Gasteiger partial charge in [-0.2, -0.15) is 0 Å². The summed E-state index contributed by atoms with van der Waals surface area (Å²) in [6.07, 6.45) is 2.83. The smallest absolute Gasteiger partial charge is 0.151 e. The lowest BCUT2D eigenvalue weighted by atomic mass is 10.1. The van der Waals surface area contributed by atoms with Crippen LogP contribution in [0.1, 0.15) is 18.1 Å². The molecule has 2 aromatic rings. The Morgan fingerprint density at radius 3 is 2.42 bits per heavy atom. The predicted molar refractivity (Wildman–Crippen MR) is 84.3 cm³/mol. The second kappa shape index (κ2) is 6.06. The highest BCUT2D eigenvalue weighted by Gasteiger charge is 2.08. The van der Waals surface area contributed by atoms with Crippen molar-refractivity contribution in [3.8, 4) is 0 Å². The number of anilines is 2. The lowest BCUT2D eigenvalue weighted by Crippen LogP contribution is -2.19. The molecule has 0 saturated heterocycles. The topological polar surface area (TPSA) is 42.2 Å². The highest BCUT2D eigenvalue weighted by molar-refractivity contribution is 9.10. The van der Waals surface area contributed by atoms with Gasteiger partial charge < -0.3 is 10.6 Å². The van der Waals surface area contributed by atoms with E-state index in [-0.39, 0.29) is 0 Å². The van der Waals surface area contributed by atoms with Crippen molar-refractivity contribution < 1.29 is 0 Å². The highest BCUT2D eigenvalue weighted by Crippen LogP contribution is 2.23. The lowest BCUT2D eigenvalue weighted by molar-refractivity contribution is 0.898. The van der Waals surface area contributed by atoms with Gasteiger partial charge in [-0.15, -0.1) is 0 Å². The molecule has 1 aromatic heterocycles. The van der Waals surface area contributed by atoms with E-state index in [2.05, 4.69) is 57.0 Å². The van der Waals surface area contributed by atoms with E-state index >= 15 is 0 Å². The van der Waals surface area contributed by atoms with Crippen LogP contribution in [0.15, 0.2) is 41.0 Å². The third-order valence-electron chi connectivity index (χ3n) is 3.07. The second-order valence-electron chi connectivity index (χ2n) is 4.59. The molecule has 1 aromatic carbocycles. The normalized spacial score (nSPS) is 10.5. The van der Waals surface area contributed by atoms with Crippen LogP contribution in [0.4, 0.5) is 11.5 Å². The molecule has 0 saturated carbocycles. The van der Waals surface area contributed by atoms with Crippen LogP contribution in [-0.2, 0) is 13.0 Å². The van der Waals surface area contributed by atoms with E-state index < -0.39 is 0 Å². The van der Waals surface area contributed by atoms with Crippen LogP contribution in [0.5, 0.6) is 0 Å². The fourth-order valence-corrected chi connectivity index (χ4v) is 2.34. The van der Waals surface area contributed by atoms with Crippen molar-refractivity contribution in [3.05, 3.63) is 52.1 Å². The van der Waals surface area contributed by atoms with Gasteiger partial charge in [0, 0.05) is 24.3 Å². The average molecular weight is 320 g/mol. The van der Waals surface area contributed by atoms with E-state index in [1.165, 1.54) is 11.1 Å². The summed E-state index contributed by atoms with van der Waals surface area (Å²) in [5.74, 6) is 0.808. The Morgan fingerprint density at radius 2 is 1.84 bits per heavy atom. The van der Waals surface area contributed by atoms with Gasteiger partial charge in [-0.05, 0) is 39.5 Å². The molecule has 0 spiro atoms. The summed E-state index contributed by atoms with van der Waals surface area (Å²) in [6.45, 7) is 2.95. The Balaban J connectivity index is 2.13.